The number of amides is 1. The van der Waals surface area contributed by atoms with Crippen LogP contribution in [0.5, 0.6) is 0 Å². The maximum Gasteiger partial charge on any atom is 0.346 e. The van der Waals surface area contributed by atoms with Gasteiger partial charge in [0.25, 0.3) is 0 Å². The summed E-state index contributed by atoms with van der Waals surface area (Å²) in [5.41, 5.74) is 2.24. The van der Waals surface area contributed by atoms with Gasteiger partial charge in [-0.05, 0) is 44.6 Å². The number of fused-ring (bicyclic) bond motifs is 1. The van der Waals surface area contributed by atoms with E-state index < -0.39 is 12.2 Å². The van der Waals surface area contributed by atoms with Gasteiger partial charge in [0.05, 0.1) is 13.1 Å². The highest BCUT2D eigenvalue weighted by molar-refractivity contribution is 5.81. The molecule has 154 valence electrons. The number of rotatable bonds is 4. The lowest BCUT2D eigenvalue weighted by molar-refractivity contribution is -0.134. The third-order valence-corrected chi connectivity index (χ3v) is 6.83. The molecule has 5 rings (SSSR count). The van der Waals surface area contributed by atoms with Crippen molar-refractivity contribution in [2.75, 3.05) is 13.1 Å². The summed E-state index contributed by atoms with van der Waals surface area (Å²) in [7, 11) is 0. The number of aromatic nitrogens is 3. The van der Waals surface area contributed by atoms with E-state index in [0.717, 1.165) is 19.3 Å². The first-order chi connectivity index (χ1) is 14.0. The zero-order valence-electron chi connectivity index (χ0n) is 16.8. The topological polar surface area (TPSA) is 60.1 Å². The molecule has 3 aliphatic rings. The Morgan fingerprint density at radius 1 is 1.24 bits per heavy atom. The van der Waals surface area contributed by atoms with Crippen LogP contribution < -0.4 is 5.69 Å². The second-order valence-corrected chi connectivity index (χ2v) is 8.95. The van der Waals surface area contributed by atoms with Crippen molar-refractivity contribution in [1.82, 2.24) is 19.2 Å². The molecule has 0 bridgehead atoms. The zero-order valence-corrected chi connectivity index (χ0v) is 16.8. The van der Waals surface area contributed by atoms with Crippen molar-refractivity contribution in [2.24, 2.45) is 0 Å². The van der Waals surface area contributed by atoms with Crippen LogP contribution in [0.3, 0.4) is 0 Å². The zero-order chi connectivity index (χ0) is 20.2. The third kappa shape index (κ3) is 3.20. The van der Waals surface area contributed by atoms with Gasteiger partial charge in [-0.3, -0.25) is 9.36 Å². The lowest BCUT2D eigenvalue weighted by atomic mass is 9.95. The monoisotopic (exact) mass is 398 g/mol. The summed E-state index contributed by atoms with van der Waals surface area (Å²) in [6.45, 7) is 3.20. The van der Waals surface area contributed by atoms with Crippen LogP contribution in [0.4, 0.5) is 4.39 Å². The van der Waals surface area contributed by atoms with Crippen LogP contribution in [0.25, 0.3) is 0 Å². The van der Waals surface area contributed by atoms with Crippen LogP contribution in [-0.4, -0.2) is 44.4 Å². The molecule has 3 heterocycles. The molecule has 2 atom stereocenters. The molecule has 1 saturated heterocycles. The van der Waals surface area contributed by atoms with Crippen LogP contribution in [-0.2, 0) is 23.2 Å². The van der Waals surface area contributed by atoms with Gasteiger partial charge in [-0.2, -0.15) is 5.10 Å². The lowest BCUT2D eigenvalue weighted by Crippen LogP contribution is -2.42. The molecule has 1 amide bonds. The SMILES string of the molecule is Cc1ccc(C2(Cn3nc4n(c3=O)[C@H](C(=O)N3CC[C@H](F)C3)CCC4)CC2)cc1. The average molecular weight is 398 g/mol. The lowest BCUT2D eigenvalue weighted by Gasteiger charge is -2.27. The first kappa shape index (κ1) is 18.6. The van der Waals surface area contributed by atoms with Gasteiger partial charge in [-0.25, -0.2) is 13.9 Å². The minimum absolute atomic E-state index is 0.0298. The third-order valence-electron chi connectivity index (χ3n) is 6.83. The van der Waals surface area contributed by atoms with Gasteiger partial charge in [0.15, 0.2) is 0 Å². The molecule has 6 nitrogen and oxygen atoms in total. The highest BCUT2D eigenvalue weighted by Gasteiger charge is 2.46. The maximum absolute atomic E-state index is 13.6. The van der Waals surface area contributed by atoms with Crippen molar-refractivity contribution >= 4 is 5.91 Å². The summed E-state index contributed by atoms with van der Waals surface area (Å²) in [6, 6.07) is 7.98. The Bertz CT molecular complexity index is 989. The highest BCUT2D eigenvalue weighted by atomic mass is 19.1. The average Bonchev–Trinajstić information content (AvgIpc) is 3.26. The van der Waals surface area contributed by atoms with Gasteiger partial charge in [0, 0.05) is 18.4 Å². The number of benzene rings is 1. The molecule has 1 aromatic carbocycles. The summed E-state index contributed by atoms with van der Waals surface area (Å²) in [5.74, 6) is 0.558. The molecule has 0 radical (unpaired) electrons. The normalized spacial score (nSPS) is 25.1. The van der Waals surface area contributed by atoms with E-state index in [1.165, 1.54) is 11.1 Å². The predicted molar refractivity (Wildman–Crippen MR) is 107 cm³/mol. The highest BCUT2D eigenvalue weighted by Crippen LogP contribution is 2.49. The second kappa shape index (κ2) is 6.82. The van der Waals surface area contributed by atoms with Crippen molar-refractivity contribution < 1.29 is 9.18 Å². The molecule has 2 aliphatic heterocycles. The van der Waals surface area contributed by atoms with Gasteiger partial charge in [0.1, 0.15) is 18.0 Å². The smallest absolute Gasteiger partial charge is 0.338 e. The molecule has 2 fully saturated rings. The molecule has 7 heteroatoms. The van der Waals surface area contributed by atoms with Crippen molar-refractivity contribution in [1.29, 1.82) is 0 Å². The van der Waals surface area contributed by atoms with E-state index in [2.05, 4.69) is 36.3 Å². The standard InChI is InChI=1S/C22H27FN4O2/c1-15-5-7-16(8-6-15)22(10-11-22)14-26-21(29)27-18(3-2-4-19(27)24-26)20(28)25-12-9-17(23)13-25/h5-8,17-18H,2-4,9-14H2,1H3/t17-,18-/m0/s1. The van der Waals surface area contributed by atoms with E-state index in [1.54, 1.807) is 14.1 Å². The first-order valence-electron chi connectivity index (χ1n) is 10.7. The van der Waals surface area contributed by atoms with Crippen molar-refractivity contribution in [3.63, 3.8) is 0 Å². The number of carbonyl (C=O) groups is 1. The van der Waals surface area contributed by atoms with E-state index in [9.17, 15) is 14.0 Å². The largest absolute Gasteiger partial charge is 0.346 e. The number of likely N-dealkylation sites (tertiary alicyclic amines) is 1. The molecule has 1 saturated carbocycles. The molecule has 29 heavy (non-hydrogen) atoms. The molecule has 0 spiro atoms. The number of aryl methyl sites for hydroxylation is 2. The molecule has 0 N–H and O–H groups in total. The molecule has 1 aromatic heterocycles. The predicted octanol–water partition coefficient (Wildman–Crippen LogP) is 2.53. The van der Waals surface area contributed by atoms with E-state index in [1.807, 2.05) is 0 Å². The van der Waals surface area contributed by atoms with Crippen LogP contribution in [0, 0.1) is 6.92 Å². The maximum atomic E-state index is 13.6. The summed E-state index contributed by atoms with van der Waals surface area (Å²) < 4.78 is 16.7. The van der Waals surface area contributed by atoms with Gasteiger partial charge >= 0.3 is 5.69 Å². The fourth-order valence-electron chi connectivity index (χ4n) is 4.88. The van der Waals surface area contributed by atoms with Gasteiger partial charge in [0.2, 0.25) is 5.91 Å². The number of hydrogen-bond acceptors (Lipinski definition) is 3. The van der Waals surface area contributed by atoms with Crippen molar-refractivity contribution in [3.05, 3.63) is 51.7 Å². The molecular weight excluding hydrogens is 371 g/mol. The fraction of sp³-hybridized carbons (Fsp3) is 0.591. The van der Waals surface area contributed by atoms with E-state index in [0.29, 0.717) is 38.2 Å². The number of alkyl halides is 1. The number of nitrogens with zero attached hydrogens (tertiary/aromatic N) is 4. The molecule has 0 unspecified atom stereocenters. The Morgan fingerprint density at radius 2 is 2.00 bits per heavy atom. The fourth-order valence-corrected chi connectivity index (χ4v) is 4.88. The second-order valence-electron chi connectivity index (χ2n) is 8.95. The molecular formula is C22H27FN4O2. The van der Waals surface area contributed by atoms with Gasteiger partial charge < -0.3 is 4.90 Å². The van der Waals surface area contributed by atoms with E-state index in [-0.39, 0.29) is 23.6 Å². The summed E-state index contributed by atoms with van der Waals surface area (Å²) in [4.78, 5) is 27.8. The quantitative estimate of drug-likeness (QED) is 0.795. The summed E-state index contributed by atoms with van der Waals surface area (Å²) >= 11 is 0. The van der Waals surface area contributed by atoms with Crippen LogP contribution in [0.2, 0.25) is 0 Å². The first-order valence-corrected chi connectivity index (χ1v) is 10.7. The molecule has 2 aromatic rings. The van der Waals surface area contributed by atoms with E-state index in [4.69, 9.17) is 0 Å². The number of hydrogen-bond donors (Lipinski definition) is 0. The van der Waals surface area contributed by atoms with Crippen LogP contribution in [0.1, 0.15) is 55.1 Å². The summed E-state index contributed by atoms with van der Waals surface area (Å²) in [6.07, 6.45) is 3.66. The number of carbonyl (C=O) groups excluding carboxylic acids is 1. The molecule has 1 aliphatic carbocycles. The van der Waals surface area contributed by atoms with Crippen molar-refractivity contribution in [3.8, 4) is 0 Å². The Labute approximate surface area is 169 Å². The minimum Gasteiger partial charge on any atom is -0.338 e. The Balaban J connectivity index is 1.43. The van der Waals surface area contributed by atoms with Crippen LogP contribution >= 0.6 is 0 Å². The summed E-state index contributed by atoms with van der Waals surface area (Å²) in [5, 5.41) is 4.62. The Morgan fingerprint density at radius 3 is 2.66 bits per heavy atom. The number of halogens is 1. The van der Waals surface area contributed by atoms with Crippen molar-refractivity contribution in [2.45, 2.75) is 69.6 Å². The minimum atomic E-state index is -0.953. The Kier molecular flexibility index (Phi) is 4.37. The van der Waals surface area contributed by atoms with Gasteiger partial charge in [-0.1, -0.05) is 29.8 Å². The van der Waals surface area contributed by atoms with Gasteiger partial charge in [-0.15, -0.1) is 0 Å². The van der Waals surface area contributed by atoms with E-state index >= 15 is 0 Å². The van der Waals surface area contributed by atoms with Crippen LogP contribution in [0.15, 0.2) is 29.1 Å². The Hall–Kier alpha value is -2.44.